The Morgan fingerprint density at radius 3 is 2.50 bits per heavy atom. The van der Waals surface area contributed by atoms with E-state index in [2.05, 4.69) is 5.32 Å². The van der Waals surface area contributed by atoms with E-state index in [-0.39, 0.29) is 19.6 Å². The fourth-order valence-corrected chi connectivity index (χ4v) is 3.46. The molecule has 1 heterocycles. The number of aliphatic hydroxyl groups excluding tert-OH is 2. The molecule has 2 unspecified atom stereocenters. The Morgan fingerprint density at radius 2 is 1.67 bits per heavy atom. The molecule has 0 saturated heterocycles. The second kappa shape index (κ2) is 8.98. The van der Waals surface area contributed by atoms with Crippen LogP contribution in [-0.4, -0.2) is 29.0 Å². The van der Waals surface area contributed by atoms with E-state index in [1.807, 2.05) is 66.7 Å². The normalized spacial score (nSPS) is 13.3. The van der Waals surface area contributed by atoms with Crippen molar-refractivity contribution in [2.45, 2.75) is 25.2 Å². The molecular weight excluding hydrogens is 382 g/mol. The van der Waals surface area contributed by atoms with Crippen molar-refractivity contribution < 1.29 is 24.2 Å². The summed E-state index contributed by atoms with van der Waals surface area (Å²) in [6.07, 6.45) is -2.62. The molecule has 1 aromatic heterocycles. The minimum atomic E-state index is -1.14. The highest BCUT2D eigenvalue weighted by atomic mass is 16.5. The molecule has 0 fully saturated rings. The van der Waals surface area contributed by atoms with Crippen LogP contribution in [-0.2, 0) is 11.3 Å². The van der Waals surface area contributed by atoms with E-state index in [9.17, 15) is 15.0 Å². The summed E-state index contributed by atoms with van der Waals surface area (Å²) in [5.74, 6) is 0. The summed E-state index contributed by atoms with van der Waals surface area (Å²) in [5.41, 5.74) is 2.69. The van der Waals surface area contributed by atoms with Crippen molar-refractivity contribution in [1.82, 2.24) is 5.32 Å². The molecule has 0 radical (unpaired) electrons. The topological polar surface area (TPSA) is 91.9 Å². The van der Waals surface area contributed by atoms with Gasteiger partial charge in [0.1, 0.15) is 23.9 Å². The monoisotopic (exact) mass is 405 g/mol. The molecule has 1 amide bonds. The summed E-state index contributed by atoms with van der Waals surface area (Å²) in [4.78, 5) is 11.8. The Bertz CT molecular complexity index is 1140. The molecule has 0 aliphatic heterocycles. The predicted octanol–water partition coefficient (Wildman–Crippen LogP) is 4.30. The average molecular weight is 405 g/mol. The van der Waals surface area contributed by atoms with E-state index in [4.69, 9.17) is 9.15 Å². The Balaban J connectivity index is 1.35. The first kappa shape index (κ1) is 19.9. The number of hydrogen-bond donors (Lipinski definition) is 3. The third kappa shape index (κ3) is 4.30. The van der Waals surface area contributed by atoms with Gasteiger partial charge in [0, 0.05) is 22.9 Å². The lowest BCUT2D eigenvalue weighted by Gasteiger charge is -2.18. The van der Waals surface area contributed by atoms with E-state index in [0.29, 0.717) is 11.1 Å². The van der Waals surface area contributed by atoms with Crippen molar-refractivity contribution in [1.29, 1.82) is 0 Å². The number of para-hydroxylation sites is 2. The van der Waals surface area contributed by atoms with E-state index in [0.717, 1.165) is 21.9 Å². The Kier molecular flexibility index (Phi) is 5.97. The van der Waals surface area contributed by atoms with Crippen LogP contribution in [0.4, 0.5) is 4.79 Å². The lowest BCUT2D eigenvalue weighted by molar-refractivity contribution is 0.0140. The van der Waals surface area contributed by atoms with Gasteiger partial charge < -0.3 is 24.7 Å². The van der Waals surface area contributed by atoms with Gasteiger partial charge in [0.15, 0.2) is 0 Å². The zero-order valence-electron chi connectivity index (χ0n) is 16.3. The summed E-state index contributed by atoms with van der Waals surface area (Å²) in [6.45, 7) is 0.341. The standard InChI is InChI=1S/C24H23NO5/c26-20(13-14-25-24(28)29-15-16-7-2-1-3-8-16)22(27)19-11-6-10-18-17-9-4-5-12-21(17)30-23(18)19/h1-12,20,22,26-27H,13-15H2,(H,25,28). The lowest BCUT2D eigenvalue weighted by atomic mass is 9.99. The fourth-order valence-electron chi connectivity index (χ4n) is 3.46. The van der Waals surface area contributed by atoms with Crippen LogP contribution in [0.2, 0.25) is 0 Å². The highest BCUT2D eigenvalue weighted by Crippen LogP contribution is 2.34. The van der Waals surface area contributed by atoms with Crippen LogP contribution < -0.4 is 5.32 Å². The summed E-state index contributed by atoms with van der Waals surface area (Å²) in [5, 5.41) is 25.6. The van der Waals surface area contributed by atoms with Crippen molar-refractivity contribution in [3.05, 3.63) is 83.9 Å². The summed E-state index contributed by atoms with van der Waals surface area (Å²) in [6, 6.07) is 22.5. The first-order valence-electron chi connectivity index (χ1n) is 9.84. The molecule has 0 aliphatic carbocycles. The summed E-state index contributed by atoms with van der Waals surface area (Å²) >= 11 is 0. The molecule has 4 rings (SSSR count). The average Bonchev–Trinajstić information content (AvgIpc) is 3.16. The number of furan rings is 1. The summed E-state index contributed by atoms with van der Waals surface area (Å²) in [7, 11) is 0. The van der Waals surface area contributed by atoms with Crippen LogP contribution in [0.1, 0.15) is 23.7 Å². The molecule has 3 N–H and O–H groups in total. The van der Waals surface area contributed by atoms with Crippen LogP contribution in [0.25, 0.3) is 21.9 Å². The van der Waals surface area contributed by atoms with Crippen molar-refractivity contribution in [3.63, 3.8) is 0 Å². The van der Waals surface area contributed by atoms with Gasteiger partial charge in [-0.25, -0.2) is 4.79 Å². The maximum Gasteiger partial charge on any atom is 0.407 e. The smallest absolute Gasteiger partial charge is 0.407 e. The minimum absolute atomic E-state index is 0.165. The van der Waals surface area contributed by atoms with Gasteiger partial charge >= 0.3 is 6.09 Å². The molecule has 0 bridgehead atoms. The largest absolute Gasteiger partial charge is 0.456 e. The highest BCUT2D eigenvalue weighted by Gasteiger charge is 2.23. The molecular formula is C24H23NO5. The molecule has 0 spiro atoms. The first-order chi connectivity index (χ1) is 14.6. The van der Waals surface area contributed by atoms with Crippen molar-refractivity contribution in [3.8, 4) is 0 Å². The Labute approximate surface area is 173 Å². The number of fused-ring (bicyclic) bond motifs is 3. The fraction of sp³-hybridized carbons (Fsp3) is 0.208. The number of benzene rings is 3. The van der Waals surface area contributed by atoms with Gasteiger partial charge in [0.25, 0.3) is 0 Å². The molecule has 0 aliphatic rings. The number of ether oxygens (including phenoxy) is 1. The molecule has 0 saturated carbocycles. The molecule has 3 aromatic carbocycles. The number of rotatable bonds is 7. The van der Waals surface area contributed by atoms with Crippen molar-refractivity contribution in [2.75, 3.05) is 6.54 Å². The number of carbonyl (C=O) groups is 1. The molecule has 30 heavy (non-hydrogen) atoms. The molecule has 4 aromatic rings. The maximum atomic E-state index is 11.8. The first-order valence-corrected chi connectivity index (χ1v) is 9.84. The van der Waals surface area contributed by atoms with Gasteiger partial charge in [-0.15, -0.1) is 0 Å². The Hall–Kier alpha value is -3.35. The quantitative estimate of drug-likeness (QED) is 0.426. The number of alkyl carbamates (subject to hydrolysis) is 1. The zero-order valence-corrected chi connectivity index (χ0v) is 16.3. The second-order valence-corrected chi connectivity index (χ2v) is 7.11. The third-order valence-corrected chi connectivity index (χ3v) is 5.04. The number of nitrogens with one attached hydrogen (secondary N) is 1. The van der Waals surface area contributed by atoms with Gasteiger partial charge in [-0.2, -0.15) is 0 Å². The van der Waals surface area contributed by atoms with Crippen LogP contribution in [0.3, 0.4) is 0 Å². The van der Waals surface area contributed by atoms with E-state index < -0.39 is 18.3 Å². The molecule has 2 atom stereocenters. The van der Waals surface area contributed by atoms with E-state index in [1.165, 1.54) is 0 Å². The molecule has 6 heteroatoms. The van der Waals surface area contributed by atoms with Crippen LogP contribution in [0, 0.1) is 0 Å². The zero-order chi connectivity index (χ0) is 20.9. The number of hydrogen-bond acceptors (Lipinski definition) is 5. The second-order valence-electron chi connectivity index (χ2n) is 7.11. The number of amides is 1. The lowest BCUT2D eigenvalue weighted by Crippen LogP contribution is -2.29. The number of carbonyl (C=O) groups excluding carboxylic acids is 1. The third-order valence-electron chi connectivity index (χ3n) is 5.04. The Morgan fingerprint density at radius 1 is 0.933 bits per heavy atom. The highest BCUT2D eigenvalue weighted by molar-refractivity contribution is 6.05. The minimum Gasteiger partial charge on any atom is -0.456 e. The summed E-state index contributed by atoms with van der Waals surface area (Å²) < 4.78 is 11.0. The molecule has 154 valence electrons. The van der Waals surface area contributed by atoms with Crippen LogP contribution in [0.15, 0.2) is 77.2 Å². The van der Waals surface area contributed by atoms with Crippen molar-refractivity contribution >= 4 is 28.0 Å². The SMILES string of the molecule is O=C(NCCC(O)C(O)c1cccc2c1oc1ccccc12)OCc1ccccc1. The van der Waals surface area contributed by atoms with Gasteiger partial charge in [-0.05, 0) is 18.1 Å². The van der Waals surface area contributed by atoms with Gasteiger partial charge in [-0.3, -0.25) is 0 Å². The maximum absolute atomic E-state index is 11.8. The van der Waals surface area contributed by atoms with Crippen molar-refractivity contribution in [2.24, 2.45) is 0 Å². The van der Waals surface area contributed by atoms with Crippen LogP contribution >= 0.6 is 0 Å². The van der Waals surface area contributed by atoms with Gasteiger partial charge in [0.05, 0.1) is 6.10 Å². The van der Waals surface area contributed by atoms with Gasteiger partial charge in [0.2, 0.25) is 0 Å². The predicted molar refractivity (Wildman–Crippen MR) is 114 cm³/mol. The van der Waals surface area contributed by atoms with Gasteiger partial charge in [-0.1, -0.05) is 66.7 Å². The van der Waals surface area contributed by atoms with Crippen LogP contribution in [0.5, 0.6) is 0 Å². The van der Waals surface area contributed by atoms with E-state index >= 15 is 0 Å². The number of aliphatic hydroxyl groups is 2. The van der Waals surface area contributed by atoms with E-state index in [1.54, 1.807) is 6.07 Å². The molecule has 6 nitrogen and oxygen atoms in total.